The third-order valence-electron chi connectivity index (χ3n) is 4.95. The summed E-state index contributed by atoms with van der Waals surface area (Å²) >= 11 is 0. The van der Waals surface area contributed by atoms with E-state index in [4.69, 9.17) is 4.74 Å². The largest absolute Gasteiger partial charge is 0.451 e. The van der Waals surface area contributed by atoms with Crippen molar-refractivity contribution >= 4 is 34.0 Å². The third kappa shape index (κ3) is 4.80. The summed E-state index contributed by atoms with van der Waals surface area (Å²) in [5.74, 6) is -1.67. The molecule has 34 heavy (non-hydrogen) atoms. The molecule has 0 bridgehead atoms. The van der Waals surface area contributed by atoms with E-state index in [1.165, 1.54) is 28.9 Å². The molecule has 0 spiro atoms. The van der Waals surface area contributed by atoms with Crippen LogP contribution in [0.15, 0.2) is 83.7 Å². The van der Waals surface area contributed by atoms with Crippen LogP contribution in [0.2, 0.25) is 0 Å². The van der Waals surface area contributed by atoms with E-state index >= 15 is 0 Å². The number of hydrogen-bond acceptors (Lipinski definition) is 7. The summed E-state index contributed by atoms with van der Waals surface area (Å²) in [6, 6.07) is 21.2. The Bertz CT molecular complexity index is 1450. The lowest BCUT2D eigenvalue weighted by Crippen LogP contribution is -2.28. The van der Waals surface area contributed by atoms with Gasteiger partial charge < -0.3 is 10.1 Å². The molecule has 4 rings (SSSR count). The fraction of sp³-hybridized carbons (Fsp3) is 0.0833. The first kappa shape index (κ1) is 22.3. The third-order valence-corrected chi connectivity index (χ3v) is 4.95. The summed E-state index contributed by atoms with van der Waals surface area (Å²) in [5.41, 5.74) is 0.0154. The average Bonchev–Trinajstić information content (AvgIpc) is 2.85. The van der Waals surface area contributed by atoms with Gasteiger partial charge in [-0.05, 0) is 17.7 Å². The first-order chi connectivity index (χ1) is 16.4. The van der Waals surface area contributed by atoms with E-state index in [1.54, 1.807) is 24.3 Å². The summed E-state index contributed by atoms with van der Waals surface area (Å²) in [5, 5.41) is 18.2. The molecule has 10 heteroatoms. The quantitative estimate of drug-likeness (QED) is 0.255. The molecule has 1 aromatic heterocycles. The van der Waals surface area contributed by atoms with Crippen LogP contribution in [-0.4, -0.2) is 33.2 Å². The summed E-state index contributed by atoms with van der Waals surface area (Å²) in [6.07, 6.45) is 0. The number of para-hydroxylation sites is 2. The Hall–Kier alpha value is -4.86. The Labute approximate surface area is 192 Å². The fourth-order valence-corrected chi connectivity index (χ4v) is 3.37. The van der Waals surface area contributed by atoms with Gasteiger partial charge in [0, 0.05) is 11.5 Å². The summed E-state index contributed by atoms with van der Waals surface area (Å²) in [7, 11) is 0. The Morgan fingerprint density at radius 3 is 2.32 bits per heavy atom. The number of ether oxygens (including phenoxy) is 1. The van der Waals surface area contributed by atoms with Crippen LogP contribution in [0.3, 0.4) is 0 Å². The highest BCUT2D eigenvalue weighted by atomic mass is 16.6. The Morgan fingerprint density at radius 2 is 1.59 bits per heavy atom. The van der Waals surface area contributed by atoms with Gasteiger partial charge in [-0.3, -0.25) is 19.7 Å². The van der Waals surface area contributed by atoms with Crippen molar-refractivity contribution in [3.05, 3.63) is 111 Å². The van der Waals surface area contributed by atoms with Gasteiger partial charge in [0.15, 0.2) is 12.3 Å². The second-order valence-electron chi connectivity index (χ2n) is 7.24. The Balaban J connectivity index is 1.56. The van der Waals surface area contributed by atoms with Crippen LogP contribution in [-0.2, 0) is 16.1 Å². The molecule has 1 heterocycles. The molecule has 0 aliphatic carbocycles. The fourth-order valence-electron chi connectivity index (χ4n) is 3.37. The molecule has 0 saturated heterocycles. The van der Waals surface area contributed by atoms with Gasteiger partial charge in [0.1, 0.15) is 5.69 Å². The zero-order valence-corrected chi connectivity index (χ0v) is 17.7. The second-order valence-corrected chi connectivity index (χ2v) is 7.24. The predicted molar refractivity (Wildman–Crippen MR) is 124 cm³/mol. The highest BCUT2D eigenvalue weighted by molar-refractivity contribution is 6.03. The van der Waals surface area contributed by atoms with Crippen molar-refractivity contribution in [2.24, 2.45) is 0 Å². The molecule has 10 nitrogen and oxygen atoms in total. The van der Waals surface area contributed by atoms with Gasteiger partial charge in [-0.15, -0.1) is 0 Å². The SMILES string of the molecule is O=C(COC(=O)c1nn(Cc2ccccc2)c(=O)c2ccccc12)Nc1ccccc1[N+](=O)[O-]. The number of amides is 1. The maximum atomic E-state index is 12.9. The van der Waals surface area contributed by atoms with Gasteiger partial charge in [0.25, 0.3) is 17.2 Å². The molecule has 0 aliphatic rings. The van der Waals surface area contributed by atoms with Crippen LogP contribution in [0.4, 0.5) is 11.4 Å². The number of carbonyl (C=O) groups is 2. The van der Waals surface area contributed by atoms with Crippen LogP contribution < -0.4 is 10.9 Å². The normalized spacial score (nSPS) is 10.6. The lowest BCUT2D eigenvalue weighted by Gasteiger charge is -2.11. The highest BCUT2D eigenvalue weighted by Crippen LogP contribution is 2.23. The minimum absolute atomic E-state index is 0.0199. The number of aromatic nitrogens is 2. The minimum Gasteiger partial charge on any atom is -0.451 e. The molecule has 0 aliphatic heterocycles. The second kappa shape index (κ2) is 9.74. The first-order valence-electron chi connectivity index (χ1n) is 10.2. The van der Waals surface area contributed by atoms with E-state index in [0.717, 1.165) is 5.56 Å². The van der Waals surface area contributed by atoms with Gasteiger partial charge in [-0.25, -0.2) is 9.48 Å². The van der Waals surface area contributed by atoms with E-state index < -0.39 is 23.4 Å². The van der Waals surface area contributed by atoms with Gasteiger partial charge in [0.2, 0.25) is 0 Å². The Morgan fingerprint density at radius 1 is 0.941 bits per heavy atom. The number of fused-ring (bicyclic) bond motifs is 1. The summed E-state index contributed by atoms with van der Waals surface area (Å²) in [4.78, 5) is 48.4. The standard InChI is InChI=1S/C24H18N4O6/c29-21(25-19-12-6-7-13-20(19)28(32)33)15-34-24(31)22-17-10-4-5-11-18(17)23(30)27(26-22)14-16-8-2-1-3-9-16/h1-13H,14-15H2,(H,25,29). The molecule has 0 atom stereocenters. The molecule has 0 fully saturated rings. The molecule has 1 amide bonds. The van der Waals surface area contributed by atoms with Gasteiger partial charge in [-0.2, -0.15) is 5.10 Å². The zero-order chi connectivity index (χ0) is 24.1. The first-order valence-corrected chi connectivity index (χ1v) is 10.2. The molecular formula is C24H18N4O6. The number of nitrogens with one attached hydrogen (secondary N) is 1. The minimum atomic E-state index is -0.907. The monoisotopic (exact) mass is 458 g/mol. The highest BCUT2D eigenvalue weighted by Gasteiger charge is 2.20. The van der Waals surface area contributed by atoms with Crippen molar-refractivity contribution in [1.29, 1.82) is 0 Å². The number of nitro groups is 1. The predicted octanol–water partition coefficient (Wildman–Crippen LogP) is 3.15. The Kier molecular flexibility index (Phi) is 6.40. The molecule has 0 unspecified atom stereocenters. The van der Waals surface area contributed by atoms with Crippen LogP contribution >= 0.6 is 0 Å². The van der Waals surface area contributed by atoms with E-state index in [1.807, 2.05) is 30.3 Å². The van der Waals surface area contributed by atoms with Crippen LogP contribution in [0.5, 0.6) is 0 Å². The van der Waals surface area contributed by atoms with Crippen LogP contribution in [0, 0.1) is 10.1 Å². The summed E-state index contributed by atoms with van der Waals surface area (Å²) < 4.78 is 6.29. The number of benzene rings is 3. The number of esters is 1. The molecule has 0 saturated carbocycles. The lowest BCUT2D eigenvalue weighted by molar-refractivity contribution is -0.383. The van der Waals surface area contributed by atoms with E-state index in [2.05, 4.69) is 10.4 Å². The number of rotatable bonds is 7. The molecule has 3 aromatic carbocycles. The number of nitrogens with zero attached hydrogens (tertiary/aromatic N) is 3. The van der Waals surface area contributed by atoms with Crippen LogP contribution in [0.1, 0.15) is 16.1 Å². The molecule has 170 valence electrons. The number of anilines is 1. The topological polar surface area (TPSA) is 133 Å². The van der Waals surface area contributed by atoms with Crippen molar-refractivity contribution < 1.29 is 19.2 Å². The van der Waals surface area contributed by atoms with Crippen molar-refractivity contribution in [3.8, 4) is 0 Å². The van der Waals surface area contributed by atoms with Crippen LogP contribution in [0.25, 0.3) is 10.8 Å². The van der Waals surface area contributed by atoms with Crippen molar-refractivity contribution in [3.63, 3.8) is 0 Å². The van der Waals surface area contributed by atoms with Gasteiger partial charge >= 0.3 is 5.97 Å². The van der Waals surface area contributed by atoms with Crippen molar-refractivity contribution in [1.82, 2.24) is 9.78 Å². The van der Waals surface area contributed by atoms with Gasteiger partial charge in [-0.1, -0.05) is 60.7 Å². The number of carbonyl (C=O) groups excluding carboxylic acids is 2. The molecule has 4 aromatic rings. The maximum Gasteiger partial charge on any atom is 0.359 e. The molecular weight excluding hydrogens is 440 g/mol. The summed E-state index contributed by atoms with van der Waals surface area (Å²) in [6.45, 7) is -0.554. The number of hydrogen-bond donors (Lipinski definition) is 1. The maximum absolute atomic E-state index is 12.9. The van der Waals surface area contributed by atoms with Crippen molar-refractivity contribution in [2.75, 3.05) is 11.9 Å². The van der Waals surface area contributed by atoms with E-state index in [0.29, 0.717) is 5.39 Å². The van der Waals surface area contributed by atoms with E-state index in [9.17, 15) is 24.5 Å². The molecule has 1 N–H and O–H groups in total. The average molecular weight is 458 g/mol. The lowest BCUT2D eigenvalue weighted by atomic mass is 10.1. The van der Waals surface area contributed by atoms with E-state index in [-0.39, 0.29) is 34.6 Å². The van der Waals surface area contributed by atoms with Gasteiger partial charge in [0.05, 0.1) is 16.9 Å². The number of nitro benzene ring substituents is 1. The van der Waals surface area contributed by atoms with Crippen molar-refractivity contribution in [2.45, 2.75) is 6.54 Å². The molecule has 0 radical (unpaired) electrons. The zero-order valence-electron chi connectivity index (χ0n) is 17.7. The smallest absolute Gasteiger partial charge is 0.359 e.